The molecule has 1 saturated carbocycles. The van der Waals surface area contributed by atoms with Crippen molar-refractivity contribution in [3.8, 4) is 0 Å². The van der Waals surface area contributed by atoms with Gasteiger partial charge in [0.15, 0.2) is 0 Å². The second kappa shape index (κ2) is 4.98. The van der Waals surface area contributed by atoms with E-state index in [9.17, 15) is 4.79 Å². The van der Waals surface area contributed by atoms with E-state index in [0.29, 0.717) is 0 Å². The molecule has 1 saturated heterocycles. The topological polar surface area (TPSA) is 44.4 Å². The van der Waals surface area contributed by atoms with E-state index >= 15 is 0 Å². The van der Waals surface area contributed by atoms with Crippen molar-refractivity contribution in [1.82, 2.24) is 5.32 Å². The van der Waals surface area contributed by atoms with E-state index < -0.39 is 0 Å². The van der Waals surface area contributed by atoms with E-state index in [2.05, 4.69) is 27.7 Å². The van der Waals surface area contributed by atoms with Crippen LogP contribution >= 0.6 is 0 Å². The molecule has 2 N–H and O–H groups in total. The number of carbonyl (C=O) groups is 1. The number of carbonyl (C=O) groups excluding carboxylic acids is 1. The summed E-state index contributed by atoms with van der Waals surface area (Å²) in [5.41, 5.74) is 2.12. The Labute approximate surface area is 107 Å². The predicted octanol–water partition coefficient (Wildman–Crippen LogP) is 1.44. The van der Waals surface area contributed by atoms with E-state index in [1.807, 2.05) is 12.1 Å². The molecule has 0 radical (unpaired) electrons. The molecule has 0 unspecified atom stereocenters. The molecule has 0 spiro atoms. The molecule has 2 aliphatic rings. The monoisotopic (exact) mass is 245 g/mol. The molecule has 0 aromatic heterocycles. The molecule has 1 aromatic carbocycles. The highest BCUT2D eigenvalue weighted by molar-refractivity contribution is 5.94. The van der Waals surface area contributed by atoms with Crippen molar-refractivity contribution in [1.29, 1.82) is 0 Å². The minimum atomic E-state index is 0.174. The molecule has 1 aliphatic carbocycles. The summed E-state index contributed by atoms with van der Waals surface area (Å²) in [6.45, 7) is 4.11. The molecular formula is C14H19N3O. The number of hydrogen-bond donors (Lipinski definition) is 2. The zero-order valence-electron chi connectivity index (χ0n) is 10.5. The summed E-state index contributed by atoms with van der Waals surface area (Å²) in [5.74, 6) is 0.431. The first-order chi connectivity index (χ1) is 8.83. The van der Waals surface area contributed by atoms with Crippen molar-refractivity contribution < 1.29 is 4.79 Å². The third-order valence-electron chi connectivity index (χ3n) is 3.54. The van der Waals surface area contributed by atoms with Crippen LogP contribution < -0.4 is 15.5 Å². The molecular weight excluding hydrogens is 226 g/mol. The molecule has 1 heterocycles. The van der Waals surface area contributed by atoms with Gasteiger partial charge >= 0.3 is 0 Å². The Balaban J connectivity index is 1.69. The van der Waals surface area contributed by atoms with Crippen LogP contribution in [-0.4, -0.2) is 32.1 Å². The Morgan fingerprint density at radius 1 is 1.28 bits per heavy atom. The van der Waals surface area contributed by atoms with Gasteiger partial charge in [0.05, 0.1) is 0 Å². The maximum Gasteiger partial charge on any atom is 0.227 e. The molecule has 4 heteroatoms. The average Bonchev–Trinajstić information content (AvgIpc) is 3.24. The summed E-state index contributed by atoms with van der Waals surface area (Å²) in [4.78, 5) is 14.1. The minimum Gasteiger partial charge on any atom is -0.369 e. The maximum atomic E-state index is 11.7. The Hall–Kier alpha value is -1.55. The van der Waals surface area contributed by atoms with Gasteiger partial charge in [0, 0.05) is 43.5 Å². The highest BCUT2D eigenvalue weighted by Crippen LogP contribution is 2.30. The lowest BCUT2D eigenvalue weighted by Crippen LogP contribution is -2.43. The summed E-state index contributed by atoms with van der Waals surface area (Å²) in [6, 6.07) is 8.16. The van der Waals surface area contributed by atoms with E-state index in [1.54, 1.807) is 0 Å². The van der Waals surface area contributed by atoms with Gasteiger partial charge in [-0.2, -0.15) is 0 Å². The van der Waals surface area contributed by atoms with Crippen molar-refractivity contribution in [3.05, 3.63) is 24.3 Å². The van der Waals surface area contributed by atoms with Crippen LogP contribution in [-0.2, 0) is 4.79 Å². The van der Waals surface area contributed by atoms with Gasteiger partial charge in [0.1, 0.15) is 0 Å². The van der Waals surface area contributed by atoms with Crippen LogP contribution in [0.1, 0.15) is 12.8 Å². The highest BCUT2D eigenvalue weighted by Gasteiger charge is 2.29. The molecule has 4 nitrogen and oxygen atoms in total. The fourth-order valence-electron chi connectivity index (χ4n) is 2.29. The number of piperazine rings is 1. The zero-order chi connectivity index (χ0) is 12.4. The van der Waals surface area contributed by atoms with Gasteiger partial charge in [-0.1, -0.05) is 6.07 Å². The highest BCUT2D eigenvalue weighted by atomic mass is 16.2. The molecule has 2 fully saturated rings. The number of nitrogens with zero attached hydrogens (tertiary/aromatic N) is 1. The van der Waals surface area contributed by atoms with Crippen molar-refractivity contribution in [2.24, 2.45) is 5.92 Å². The van der Waals surface area contributed by atoms with Crippen LogP contribution in [0.5, 0.6) is 0 Å². The van der Waals surface area contributed by atoms with Crippen LogP contribution in [0.4, 0.5) is 11.4 Å². The molecule has 3 rings (SSSR count). The number of hydrogen-bond acceptors (Lipinski definition) is 3. The van der Waals surface area contributed by atoms with Crippen LogP contribution in [0.2, 0.25) is 0 Å². The van der Waals surface area contributed by atoms with Crippen LogP contribution in [0.25, 0.3) is 0 Å². The zero-order valence-corrected chi connectivity index (χ0v) is 10.5. The summed E-state index contributed by atoms with van der Waals surface area (Å²) in [7, 11) is 0. The summed E-state index contributed by atoms with van der Waals surface area (Å²) < 4.78 is 0. The minimum absolute atomic E-state index is 0.174. The summed E-state index contributed by atoms with van der Waals surface area (Å²) >= 11 is 0. The van der Waals surface area contributed by atoms with E-state index in [0.717, 1.165) is 44.7 Å². The van der Waals surface area contributed by atoms with Crippen molar-refractivity contribution in [2.75, 3.05) is 36.4 Å². The average molecular weight is 245 g/mol. The van der Waals surface area contributed by atoms with Gasteiger partial charge < -0.3 is 15.5 Å². The normalized spacial score (nSPS) is 19.7. The first-order valence-corrected chi connectivity index (χ1v) is 6.69. The Morgan fingerprint density at radius 2 is 2.06 bits per heavy atom. The molecule has 0 bridgehead atoms. The molecule has 1 aromatic rings. The van der Waals surface area contributed by atoms with Crippen molar-refractivity contribution in [2.45, 2.75) is 12.8 Å². The third kappa shape index (κ3) is 2.64. The quantitative estimate of drug-likeness (QED) is 0.847. The summed E-state index contributed by atoms with van der Waals surface area (Å²) in [6.07, 6.45) is 2.09. The van der Waals surface area contributed by atoms with Gasteiger partial charge in [-0.3, -0.25) is 4.79 Å². The Kier molecular flexibility index (Phi) is 3.19. The first-order valence-electron chi connectivity index (χ1n) is 6.69. The van der Waals surface area contributed by atoms with Crippen LogP contribution in [0.3, 0.4) is 0 Å². The Bertz CT molecular complexity index is 436. The lowest BCUT2D eigenvalue weighted by molar-refractivity contribution is -0.117. The number of anilines is 2. The smallest absolute Gasteiger partial charge is 0.227 e. The van der Waals surface area contributed by atoms with Gasteiger partial charge in [-0.05, 0) is 31.0 Å². The summed E-state index contributed by atoms with van der Waals surface area (Å²) in [5, 5.41) is 6.35. The van der Waals surface area contributed by atoms with E-state index in [4.69, 9.17) is 0 Å². The van der Waals surface area contributed by atoms with E-state index in [1.165, 1.54) is 5.69 Å². The second-order valence-corrected chi connectivity index (χ2v) is 5.05. The van der Waals surface area contributed by atoms with Crippen molar-refractivity contribution >= 4 is 17.3 Å². The van der Waals surface area contributed by atoms with Gasteiger partial charge in [0.2, 0.25) is 5.91 Å². The number of amides is 1. The van der Waals surface area contributed by atoms with Crippen LogP contribution in [0, 0.1) is 5.92 Å². The van der Waals surface area contributed by atoms with E-state index in [-0.39, 0.29) is 11.8 Å². The Morgan fingerprint density at radius 3 is 2.78 bits per heavy atom. The molecule has 1 aliphatic heterocycles. The lowest BCUT2D eigenvalue weighted by Gasteiger charge is -2.29. The van der Waals surface area contributed by atoms with Crippen LogP contribution in [0.15, 0.2) is 24.3 Å². The van der Waals surface area contributed by atoms with Crippen molar-refractivity contribution in [3.63, 3.8) is 0 Å². The second-order valence-electron chi connectivity index (χ2n) is 5.05. The molecule has 96 valence electrons. The SMILES string of the molecule is O=C(Nc1cccc(N2CCNCC2)c1)C1CC1. The largest absolute Gasteiger partial charge is 0.369 e. The van der Waals surface area contributed by atoms with Gasteiger partial charge in [-0.15, -0.1) is 0 Å². The number of benzene rings is 1. The third-order valence-corrected chi connectivity index (χ3v) is 3.54. The standard InChI is InChI=1S/C14H19N3O/c18-14(11-4-5-11)16-12-2-1-3-13(10-12)17-8-6-15-7-9-17/h1-3,10-11,15H,4-9H2,(H,16,18). The fourth-order valence-corrected chi connectivity index (χ4v) is 2.29. The van der Waals surface area contributed by atoms with Gasteiger partial charge in [-0.25, -0.2) is 0 Å². The maximum absolute atomic E-state index is 11.7. The molecule has 1 amide bonds. The fraction of sp³-hybridized carbons (Fsp3) is 0.500. The van der Waals surface area contributed by atoms with Gasteiger partial charge in [0.25, 0.3) is 0 Å². The number of rotatable bonds is 3. The molecule has 18 heavy (non-hydrogen) atoms. The molecule has 0 atom stereocenters. The predicted molar refractivity (Wildman–Crippen MR) is 72.9 cm³/mol. The first kappa shape index (κ1) is 11.5. The lowest BCUT2D eigenvalue weighted by atomic mass is 10.2. The number of nitrogens with one attached hydrogen (secondary N) is 2.